The third-order valence-corrected chi connectivity index (χ3v) is 5.82. The van der Waals surface area contributed by atoms with Gasteiger partial charge in [-0.25, -0.2) is 4.99 Å². The molecule has 1 saturated heterocycles. The van der Waals surface area contributed by atoms with Crippen LogP contribution in [0.4, 0.5) is 0 Å². The van der Waals surface area contributed by atoms with Crippen LogP contribution >= 0.6 is 24.0 Å². The summed E-state index contributed by atoms with van der Waals surface area (Å²) in [5.41, 5.74) is 4.27. The number of likely N-dealkylation sites (N-methyl/N-ethyl adjacent to an activating group) is 1. The Hall–Kier alpha value is -1.35. The van der Waals surface area contributed by atoms with Crippen LogP contribution in [0.2, 0.25) is 0 Å². The average Bonchev–Trinajstić information content (AvgIpc) is 3.19. The van der Waals surface area contributed by atoms with Gasteiger partial charge in [0, 0.05) is 46.3 Å². The zero-order chi connectivity index (χ0) is 21.0. The molecule has 2 aliphatic rings. The fourth-order valence-corrected chi connectivity index (χ4v) is 3.74. The lowest BCUT2D eigenvalue weighted by molar-refractivity contribution is -0.127. The maximum atomic E-state index is 12.1. The predicted molar refractivity (Wildman–Crippen MR) is 133 cm³/mol. The van der Waals surface area contributed by atoms with Crippen LogP contribution in [0.5, 0.6) is 0 Å². The molecular formula is C23H37IN4O2. The quantitative estimate of drug-likeness (QED) is 0.371. The molecule has 1 N–H and O–H groups in total. The number of hydrogen-bond acceptors (Lipinski definition) is 3. The van der Waals surface area contributed by atoms with Crippen molar-refractivity contribution in [1.29, 1.82) is 0 Å². The molecule has 0 bridgehead atoms. The Morgan fingerprint density at radius 3 is 2.70 bits per heavy atom. The average molecular weight is 528 g/mol. The number of fused-ring (bicyclic) bond motifs is 1. The summed E-state index contributed by atoms with van der Waals surface area (Å²) in [6.07, 6.45) is 2.07. The van der Waals surface area contributed by atoms with E-state index in [4.69, 9.17) is 4.74 Å². The second-order valence-electron chi connectivity index (χ2n) is 9.44. The number of carbonyl (C=O) groups is 1. The van der Waals surface area contributed by atoms with Gasteiger partial charge in [-0.15, -0.1) is 24.0 Å². The molecule has 0 aromatic heterocycles. The van der Waals surface area contributed by atoms with E-state index in [0.717, 1.165) is 51.6 Å². The standard InChI is InChI=1S/C23H36N4O2.HI/c1-23(2,3)20-7-6-18-8-10-27(15-19(18)12-20)22(25-14-21(28)26(4)5)24-13-17-9-11-29-16-17;/h6-7,12,17H,8-11,13-16H2,1-5H3,(H,24,25);1H. The maximum absolute atomic E-state index is 12.1. The molecule has 0 spiro atoms. The highest BCUT2D eigenvalue weighted by Gasteiger charge is 2.23. The summed E-state index contributed by atoms with van der Waals surface area (Å²) in [6, 6.07) is 6.88. The molecule has 30 heavy (non-hydrogen) atoms. The van der Waals surface area contributed by atoms with Gasteiger partial charge < -0.3 is 19.9 Å². The van der Waals surface area contributed by atoms with Gasteiger partial charge in [-0.05, 0) is 34.9 Å². The molecule has 1 aromatic rings. The van der Waals surface area contributed by atoms with E-state index in [-0.39, 0.29) is 41.8 Å². The SMILES string of the molecule is CN(C)C(=O)CN=C(NCC1CCOC1)N1CCc2ccc(C(C)(C)C)cc2C1.I. The lowest BCUT2D eigenvalue weighted by Crippen LogP contribution is -2.46. The van der Waals surface area contributed by atoms with Crippen molar-refractivity contribution in [3.8, 4) is 0 Å². The Morgan fingerprint density at radius 2 is 2.07 bits per heavy atom. The van der Waals surface area contributed by atoms with Crippen molar-refractivity contribution in [2.45, 2.75) is 45.6 Å². The van der Waals surface area contributed by atoms with E-state index in [0.29, 0.717) is 5.92 Å². The molecule has 2 aliphatic heterocycles. The number of amides is 1. The third kappa shape index (κ3) is 6.57. The van der Waals surface area contributed by atoms with E-state index in [1.807, 2.05) is 0 Å². The molecule has 3 rings (SSSR count). The van der Waals surface area contributed by atoms with Crippen molar-refractivity contribution in [3.05, 3.63) is 34.9 Å². The number of carbonyl (C=O) groups excluding carboxylic acids is 1. The third-order valence-electron chi connectivity index (χ3n) is 5.82. The van der Waals surface area contributed by atoms with Gasteiger partial charge in [0.05, 0.1) is 6.61 Å². The Morgan fingerprint density at radius 1 is 1.30 bits per heavy atom. The monoisotopic (exact) mass is 528 g/mol. The van der Waals surface area contributed by atoms with Gasteiger partial charge in [-0.3, -0.25) is 4.79 Å². The van der Waals surface area contributed by atoms with Crippen molar-refractivity contribution in [3.63, 3.8) is 0 Å². The summed E-state index contributed by atoms with van der Waals surface area (Å²) < 4.78 is 5.50. The van der Waals surface area contributed by atoms with Crippen molar-refractivity contribution >= 4 is 35.8 Å². The van der Waals surface area contributed by atoms with Crippen LogP contribution in [0, 0.1) is 5.92 Å². The zero-order valence-corrected chi connectivity index (χ0v) is 21.4. The smallest absolute Gasteiger partial charge is 0.243 e. The molecule has 0 radical (unpaired) electrons. The summed E-state index contributed by atoms with van der Waals surface area (Å²) in [4.78, 5) is 20.6. The summed E-state index contributed by atoms with van der Waals surface area (Å²) in [5.74, 6) is 1.36. The van der Waals surface area contributed by atoms with Crippen LogP contribution < -0.4 is 5.32 Å². The van der Waals surface area contributed by atoms with Gasteiger partial charge in [-0.1, -0.05) is 39.0 Å². The molecule has 1 fully saturated rings. The molecule has 1 atom stereocenters. The molecular weight excluding hydrogens is 491 g/mol. The second kappa shape index (κ2) is 10.8. The fraction of sp³-hybridized carbons (Fsp3) is 0.652. The first-order valence-electron chi connectivity index (χ1n) is 10.7. The maximum Gasteiger partial charge on any atom is 0.243 e. The number of ether oxygens (including phenoxy) is 1. The molecule has 168 valence electrons. The van der Waals surface area contributed by atoms with Crippen molar-refractivity contribution in [2.75, 3.05) is 46.9 Å². The normalized spacial score (nSPS) is 19.2. The summed E-state index contributed by atoms with van der Waals surface area (Å²) in [5, 5.41) is 3.53. The summed E-state index contributed by atoms with van der Waals surface area (Å²) >= 11 is 0. The minimum atomic E-state index is 0. The van der Waals surface area contributed by atoms with Gasteiger partial charge >= 0.3 is 0 Å². The first-order valence-corrected chi connectivity index (χ1v) is 10.7. The minimum absolute atomic E-state index is 0. The molecule has 1 unspecified atom stereocenters. The molecule has 2 heterocycles. The topological polar surface area (TPSA) is 57.2 Å². The first-order chi connectivity index (χ1) is 13.7. The van der Waals surface area contributed by atoms with Gasteiger partial charge in [-0.2, -0.15) is 0 Å². The van der Waals surface area contributed by atoms with E-state index < -0.39 is 0 Å². The highest BCUT2D eigenvalue weighted by atomic mass is 127. The predicted octanol–water partition coefficient (Wildman–Crippen LogP) is 3.03. The van der Waals surface area contributed by atoms with Crippen LogP contribution in [0.25, 0.3) is 0 Å². The van der Waals surface area contributed by atoms with Crippen molar-refractivity contribution in [1.82, 2.24) is 15.1 Å². The van der Waals surface area contributed by atoms with Gasteiger partial charge in [0.2, 0.25) is 5.91 Å². The van der Waals surface area contributed by atoms with E-state index in [1.165, 1.54) is 16.7 Å². The number of halogens is 1. The van der Waals surface area contributed by atoms with Crippen molar-refractivity contribution < 1.29 is 9.53 Å². The second-order valence-corrected chi connectivity index (χ2v) is 9.44. The van der Waals surface area contributed by atoms with Crippen LogP contribution in [-0.2, 0) is 27.9 Å². The van der Waals surface area contributed by atoms with E-state index in [1.54, 1.807) is 19.0 Å². The number of rotatable bonds is 4. The molecule has 0 aliphatic carbocycles. The lowest BCUT2D eigenvalue weighted by Gasteiger charge is -2.33. The Labute approximate surface area is 198 Å². The van der Waals surface area contributed by atoms with Crippen LogP contribution in [0.3, 0.4) is 0 Å². The Balaban J connectivity index is 0.00000320. The van der Waals surface area contributed by atoms with Gasteiger partial charge in [0.25, 0.3) is 0 Å². The number of aliphatic imine (C=N–C) groups is 1. The first kappa shape index (κ1) is 24.9. The molecule has 6 nitrogen and oxygen atoms in total. The molecule has 7 heteroatoms. The molecule has 1 amide bonds. The summed E-state index contributed by atoms with van der Waals surface area (Å²) in [6.45, 7) is 11.1. The molecule has 0 saturated carbocycles. The number of nitrogens with zero attached hydrogens (tertiary/aromatic N) is 3. The number of guanidine groups is 1. The Kier molecular flexibility index (Phi) is 8.97. The fourth-order valence-electron chi connectivity index (χ4n) is 3.74. The van der Waals surface area contributed by atoms with Crippen LogP contribution in [0.1, 0.15) is 43.9 Å². The Bertz CT molecular complexity index is 752. The number of hydrogen-bond donors (Lipinski definition) is 1. The van der Waals surface area contributed by atoms with E-state index >= 15 is 0 Å². The minimum Gasteiger partial charge on any atom is -0.381 e. The van der Waals surface area contributed by atoms with E-state index in [9.17, 15) is 4.79 Å². The summed E-state index contributed by atoms with van der Waals surface area (Å²) in [7, 11) is 3.54. The van der Waals surface area contributed by atoms with Gasteiger partial charge in [0.1, 0.15) is 6.54 Å². The number of nitrogens with one attached hydrogen (secondary N) is 1. The largest absolute Gasteiger partial charge is 0.381 e. The van der Waals surface area contributed by atoms with Gasteiger partial charge in [0.15, 0.2) is 5.96 Å². The molecule has 1 aromatic carbocycles. The number of benzene rings is 1. The van der Waals surface area contributed by atoms with E-state index in [2.05, 4.69) is 54.2 Å². The van der Waals surface area contributed by atoms with Crippen LogP contribution in [0.15, 0.2) is 23.2 Å². The highest BCUT2D eigenvalue weighted by molar-refractivity contribution is 14.0. The highest BCUT2D eigenvalue weighted by Crippen LogP contribution is 2.27. The van der Waals surface area contributed by atoms with Crippen LogP contribution in [-0.4, -0.2) is 68.6 Å². The lowest BCUT2D eigenvalue weighted by atomic mass is 9.84. The zero-order valence-electron chi connectivity index (χ0n) is 19.0. The van der Waals surface area contributed by atoms with Crippen molar-refractivity contribution in [2.24, 2.45) is 10.9 Å².